The number of oxazole rings is 1. The Balaban J connectivity index is 1.35. The van der Waals surface area contributed by atoms with E-state index in [1.54, 1.807) is 23.1 Å². The molecule has 2 amide bonds. The molecule has 0 unspecified atom stereocenters. The quantitative estimate of drug-likeness (QED) is 0.492. The summed E-state index contributed by atoms with van der Waals surface area (Å²) in [4.78, 5) is 34.1. The van der Waals surface area contributed by atoms with Gasteiger partial charge in [-0.25, -0.2) is 0 Å². The topological polar surface area (TPSA) is 78.7 Å². The molecule has 7 nitrogen and oxygen atoms in total. The van der Waals surface area contributed by atoms with Crippen LogP contribution in [-0.2, 0) is 9.59 Å². The first-order valence-electron chi connectivity index (χ1n) is 11.1. The number of aromatic nitrogens is 1. The van der Waals surface area contributed by atoms with Crippen LogP contribution in [0.15, 0.2) is 46.9 Å². The monoisotopic (exact) mass is 488 g/mol. The van der Waals surface area contributed by atoms with Gasteiger partial charge in [-0.15, -0.1) is 0 Å². The summed E-state index contributed by atoms with van der Waals surface area (Å²) < 4.78 is 5.86. The number of amides is 2. The molecule has 1 fully saturated rings. The van der Waals surface area contributed by atoms with Gasteiger partial charge in [0.2, 0.25) is 11.8 Å². The maximum absolute atomic E-state index is 13.2. The maximum Gasteiger partial charge on any atom is 0.298 e. The molecule has 174 valence electrons. The summed E-state index contributed by atoms with van der Waals surface area (Å²) in [5, 5.41) is 3.62. The average Bonchev–Trinajstić information content (AvgIpc) is 3.25. The molecule has 1 aliphatic heterocycles. The predicted molar refractivity (Wildman–Crippen MR) is 131 cm³/mol. The van der Waals surface area contributed by atoms with E-state index in [9.17, 15) is 9.59 Å². The fourth-order valence-corrected chi connectivity index (χ4v) is 4.52. The molecule has 33 heavy (non-hydrogen) atoms. The highest BCUT2D eigenvalue weighted by Gasteiger charge is 2.30. The number of nitrogens with one attached hydrogen (secondary N) is 1. The number of halogens is 2. The largest absolute Gasteiger partial charge is 0.423 e. The van der Waals surface area contributed by atoms with Crippen LogP contribution in [0.5, 0.6) is 0 Å². The number of fused-ring (bicyclic) bond motifs is 1. The molecule has 0 spiro atoms. The van der Waals surface area contributed by atoms with Crippen LogP contribution in [0, 0.1) is 5.92 Å². The predicted octanol–water partition coefficient (Wildman–Crippen LogP) is 5.23. The number of piperidine rings is 1. The van der Waals surface area contributed by atoms with E-state index < -0.39 is 0 Å². The Bertz CT molecular complexity index is 1110. The third-order valence-corrected chi connectivity index (χ3v) is 6.29. The standard InChI is InChI=1S/C24H26Cl2N4O3/c1-2-11-30(15-22(31)27-19-8-7-17(25)14-18(19)26)23(32)16-9-12-29(13-10-16)24-28-20-5-3-4-6-21(20)33-24/h3-8,14,16H,2,9-13,15H2,1H3,(H,27,31). The molecule has 2 heterocycles. The van der Waals surface area contributed by atoms with Crippen LogP contribution in [-0.4, -0.2) is 47.9 Å². The van der Waals surface area contributed by atoms with Gasteiger partial charge in [-0.3, -0.25) is 9.59 Å². The number of hydrogen-bond donors (Lipinski definition) is 1. The second-order valence-corrected chi connectivity index (χ2v) is 9.00. The van der Waals surface area contributed by atoms with Gasteiger partial charge in [0.25, 0.3) is 6.01 Å². The highest BCUT2D eigenvalue weighted by molar-refractivity contribution is 6.36. The lowest BCUT2D eigenvalue weighted by atomic mass is 9.95. The summed E-state index contributed by atoms with van der Waals surface area (Å²) >= 11 is 12.1. The molecule has 3 aromatic rings. The van der Waals surface area contributed by atoms with Gasteiger partial charge in [-0.05, 0) is 49.6 Å². The lowest BCUT2D eigenvalue weighted by Crippen LogP contribution is -2.45. The second kappa shape index (κ2) is 10.4. The van der Waals surface area contributed by atoms with Crippen molar-refractivity contribution in [3.63, 3.8) is 0 Å². The molecule has 0 aliphatic carbocycles. The van der Waals surface area contributed by atoms with Crippen molar-refractivity contribution in [1.29, 1.82) is 0 Å². The smallest absolute Gasteiger partial charge is 0.298 e. The SMILES string of the molecule is CCCN(CC(=O)Nc1ccc(Cl)cc1Cl)C(=O)C1CCN(c2nc3ccccc3o2)CC1. The van der Waals surface area contributed by atoms with Crippen molar-refractivity contribution in [2.24, 2.45) is 5.92 Å². The summed E-state index contributed by atoms with van der Waals surface area (Å²) in [5.74, 6) is -0.416. The summed E-state index contributed by atoms with van der Waals surface area (Å²) in [7, 11) is 0. The van der Waals surface area contributed by atoms with Gasteiger partial charge >= 0.3 is 0 Å². The number of rotatable bonds is 7. The van der Waals surface area contributed by atoms with Crippen molar-refractivity contribution in [2.45, 2.75) is 26.2 Å². The zero-order valence-electron chi connectivity index (χ0n) is 18.4. The molecule has 1 N–H and O–H groups in total. The van der Waals surface area contributed by atoms with Crippen molar-refractivity contribution in [3.8, 4) is 0 Å². The summed E-state index contributed by atoms with van der Waals surface area (Å²) in [5.41, 5.74) is 2.06. The van der Waals surface area contributed by atoms with Gasteiger partial charge in [-0.1, -0.05) is 42.3 Å². The zero-order chi connectivity index (χ0) is 23.4. The minimum Gasteiger partial charge on any atom is -0.423 e. The van der Waals surface area contributed by atoms with Crippen LogP contribution in [0.1, 0.15) is 26.2 Å². The van der Waals surface area contributed by atoms with E-state index in [4.69, 9.17) is 27.6 Å². The summed E-state index contributed by atoms with van der Waals surface area (Å²) in [6.45, 7) is 3.85. The normalized spacial score (nSPS) is 14.5. The van der Waals surface area contributed by atoms with E-state index in [-0.39, 0.29) is 24.3 Å². The van der Waals surface area contributed by atoms with E-state index in [1.807, 2.05) is 31.2 Å². The van der Waals surface area contributed by atoms with E-state index in [0.29, 0.717) is 54.2 Å². The van der Waals surface area contributed by atoms with Gasteiger partial charge in [0, 0.05) is 30.6 Å². The fourth-order valence-electron chi connectivity index (χ4n) is 4.06. The highest BCUT2D eigenvalue weighted by Crippen LogP contribution is 2.28. The molecule has 0 atom stereocenters. The maximum atomic E-state index is 13.2. The van der Waals surface area contributed by atoms with Crippen LogP contribution < -0.4 is 10.2 Å². The number of para-hydroxylation sites is 2. The van der Waals surface area contributed by atoms with Crippen molar-refractivity contribution in [2.75, 3.05) is 36.4 Å². The lowest BCUT2D eigenvalue weighted by Gasteiger charge is -2.33. The number of hydrogen-bond acceptors (Lipinski definition) is 5. The van der Waals surface area contributed by atoms with Gasteiger partial charge in [0.05, 0.1) is 17.3 Å². The Morgan fingerprint density at radius 2 is 1.94 bits per heavy atom. The Morgan fingerprint density at radius 3 is 2.64 bits per heavy atom. The molecule has 0 bridgehead atoms. The number of benzene rings is 2. The van der Waals surface area contributed by atoms with Gasteiger partial charge in [-0.2, -0.15) is 4.98 Å². The molecular formula is C24H26Cl2N4O3. The lowest BCUT2D eigenvalue weighted by molar-refractivity contribution is -0.139. The first kappa shape index (κ1) is 23.4. The molecule has 4 rings (SSSR count). The number of nitrogens with zero attached hydrogens (tertiary/aromatic N) is 3. The van der Waals surface area contributed by atoms with Gasteiger partial charge in [0.15, 0.2) is 5.58 Å². The number of anilines is 2. The third-order valence-electron chi connectivity index (χ3n) is 5.74. The van der Waals surface area contributed by atoms with Crippen LogP contribution in [0.2, 0.25) is 10.0 Å². The average molecular weight is 489 g/mol. The first-order chi connectivity index (χ1) is 15.9. The van der Waals surface area contributed by atoms with Gasteiger partial charge < -0.3 is 19.5 Å². The molecule has 2 aromatic carbocycles. The third kappa shape index (κ3) is 5.60. The van der Waals surface area contributed by atoms with E-state index in [1.165, 1.54) is 0 Å². The first-order valence-corrected chi connectivity index (χ1v) is 11.8. The fraction of sp³-hybridized carbons (Fsp3) is 0.375. The summed E-state index contributed by atoms with van der Waals surface area (Å²) in [6, 6.07) is 13.1. The van der Waals surface area contributed by atoms with Crippen molar-refractivity contribution in [3.05, 3.63) is 52.5 Å². The van der Waals surface area contributed by atoms with E-state index >= 15 is 0 Å². The molecule has 0 saturated carbocycles. The Kier molecular flexibility index (Phi) is 7.40. The minimum atomic E-state index is -0.287. The van der Waals surface area contributed by atoms with Crippen molar-refractivity contribution >= 4 is 57.8 Å². The van der Waals surface area contributed by atoms with Crippen molar-refractivity contribution in [1.82, 2.24) is 9.88 Å². The van der Waals surface area contributed by atoms with Crippen LogP contribution in [0.3, 0.4) is 0 Å². The minimum absolute atomic E-state index is 0.00594. The Hall–Kier alpha value is -2.77. The highest BCUT2D eigenvalue weighted by atomic mass is 35.5. The molecule has 1 aliphatic rings. The van der Waals surface area contributed by atoms with E-state index in [0.717, 1.165) is 17.5 Å². The number of carbonyl (C=O) groups excluding carboxylic acids is 2. The molecule has 9 heteroatoms. The Morgan fingerprint density at radius 1 is 1.18 bits per heavy atom. The van der Waals surface area contributed by atoms with Crippen molar-refractivity contribution < 1.29 is 14.0 Å². The zero-order valence-corrected chi connectivity index (χ0v) is 19.9. The molecule has 1 aromatic heterocycles. The van der Waals surface area contributed by atoms with Crippen LogP contribution in [0.25, 0.3) is 11.1 Å². The van der Waals surface area contributed by atoms with E-state index in [2.05, 4.69) is 15.2 Å². The van der Waals surface area contributed by atoms with Gasteiger partial charge in [0.1, 0.15) is 5.52 Å². The summed E-state index contributed by atoms with van der Waals surface area (Å²) in [6.07, 6.45) is 2.13. The second-order valence-electron chi connectivity index (χ2n) is 8.16. The Labute approximate surface area is 202 Å². The molecule has 0 radical (unpaired) electrons. The molecule has 1 saturated heterocycles. The molecular weight excluding hydrogens is 463 g/mol. The van der Waals surface area contributed by atoms with Crippen LogP contribution >= 0.6 is 23.2 Å². The van der Waals surface area contributed by atoms with Crippen LogP contribution in [0.4, 0.5) is 11.7 Å². The number of carbonyl (C=O) groups is 2.